The van der Waals surface area contributed by atoms with E-state index in [1.54, 1.807) is 0 Å². The van der Waals surface area contributed by atoms with E-state index in [0.29, 0.717) is 34.9 Å². The predicted molar refractivity (Wildman–Crippen MR) is 448 cm³/mol. The van der Waals surface area contributed by atoms with E-state index in [1.165, 1.54) is 49.2 Å². The highest BCUT2D eigenvalue weighted by Crippen LogP contribution is 2.45. The van der Waals surface area contributed by atoms with Crippen LogP contribution in [-0.4, -0.2) is 57.4 Å². The normalized spacial score (nSPS) is 11.7. The van der Waals surface area contributed by atoms with Crippen molar-refractivity contribution < 1.29 is 4.57 Å². The van der Waals surface area contributed by atoms with Crippen molar-refractivity contribution >= 4 is 143 Å². The van der Waals surface area contributed by atoms with Gasteiger partial charge in [0.15, 0.2) is 42.1 Å². The Morgan fingerprint density at radius 2 is 0.569 bits per heavy atom. The van der Waals surface area contributed by atoms with Crippen LogP contribution in [0, 0.1) is 0 Å². The molecule has 13 nitrogen and oxygen atoms in total. The van der Waals surface area contributed by atoms with Crippen molar-refractivity contribution in [1.29, 1.82) is 0 Å². The molecule has 109 heavy (non-hydrogen) atoms. The van der Waals surface area contributed by atoms with Crippen molar-refractivity contribution in [3.05, 3.63) is 334 Å². The third-order valence-corrected chi connectivity index (χ3v) is 25.3. The molecule has 21 rings (SSSR count). The third kappa shape index (κ3) is 11.8. The van der Waals surface area contributed by atoms with Crippen LogP contribution in [0.15, 0.2) is 334 Å². The molecule has 0 aliphatic rings. The van der Waals surface area contributed by atoms with Crippen LogP contribution < -0.4 is 15.9 Å². The Morgan fingerprint density at radius 1 is 0.229 bits per heavy atom. The molecule has 7 heterocycles. The van der Waals surface area contributed by atoms with Crippen molar-refractivity contribution in [3.63, 3.8) is 0 Å². The Balaban J connectivity index is 0.000000143. The van der Waals surface area contributed by atoms with Crippen LogP contribution in [0.4, 0.5) is 0 Å². The number of aromatic nitrogens is 12. The number of rotatable bonds is 12. The fourth-order valence-corrected chi connectivity index (χ4v) is 19.6. The van der Waals surface area contributed by atoms with Gasteiger partial charge in [0.05, 0.1) is 45.9 Å². The summed E-state index contributed by atoms with van der Waals surface area (Å²) in [5.41, 5.74) is 16.8. The van der Waals surface area contributed by atoms with Gasteiger partial charge in [0.2, 0.25) is 0 Å². The highest BCUT2D eigenvalue weighted by atomic mass is 32.1. The first-order valence-corrected chi connectivity index (χ1v) is 39.4. The first-order chi connectivity index (χ1) is 53.9. The summed E-state index contributed by atoms with van der Waals surface area (Å²) in [6, 6.07) is 112. The molecule has 0 amide bonds. The number of fused-ring (bicyclic) bond motifs is 13. The molecule has 17 heteroatoms. The van der Waals surface area contributed by atoms with E-state index in [4.69, 9.17) is 39.9 Å². The predicted octanol–water partition coefficient (Wildman–Crippen LogP) is 22.2. The SMILES string of the molecule is O=P(c1ccccc1)(c1ccccc1)c1ccc(-c2nc(-c3ccccc3)nc(-c3ccc(-c4nc5ccccc5c5c4ccc4nsnc45)cc3)n2)cc1.c1ccc(-c2nc(-c3ccc(-c4nc5ccccc5c5c4ccc4nsnc45)cc3)nc(-c3ccc(-c4cccc5c4sc4ccccc45)cc3)n2)cc1. The maximum absolute atomic E-state index is 15.0. The van der Waals surface area contributed by atoms with Gasteiger partial charge < -0.3 is 4.57 Å². The minimum atomic E-state index is -3.14. The fourth-order valence-electron chi connectivity index (χ4n) is 14.6. The molecule has 0 spiro atoms. The summed E-state index contributed by atoms with van der Waals surface area (Å²) in [5.74, 6) is 3.49. The quantitative estimate of drug-likeness (QED) is 0.0836. The van der Waals surface area contributed by atoms with Crippen LogP contribution in [0.3, 0.4) is 0 Å². The van der Waals surface area contributed by atoms with Crippen LogP contribution in [-0.2, 0) is 4.57 Å². The van der Waals surface area contributed by atoms with Gasteiger partial charge in [-0.05, 0) is 53.6 Å². The number of nitrogens with zero attached hydrogens (tertiary/aromatic N) is 12. The standard InChI is InChI=1S/C46H29N6OPS.C46H26N6S2/c53-54(34-14-6-2-7-15-34,35-16-8-3-9-17-35)36-26-24-33(25-27-36)46-49-44(31-12-4-1-5-13-31)48-45(50-46)32-22-20-30(21-23-32)42-38-28-29-40-43(52-55-51-40)41(38)37-18-10-11-19-39(37)47-42;1-2-9-29(10-3-1)44-48-45(30-21-17-27(18-22-30)32-13-8-14-34-33-11-5-7-16-39(33)53-43(32)34)50-46(49-44)31-23-19-28(20-24-31)41-36-25-26-38-42(52-54-51-38)40(36)35-12-4-6-15-37(35)47-41/h1-29H;1-26H. The number of thiophene rings is 1. The lowest BCUT2D eigenvalue weighted by Crippen LogP contribution is -2.24. The molecule has 0 fully saturated rings. The smallest absolute Gasteiger partial charge is 0.171 e. The van der Waals surface area contributed by atoms with Gasteiger partial charge in [0, 0.05) is 113 Å². The highest BCUT2D eigenvalue weighted by Gasteiger charge is 2.30. The average molecular weight is 1470 g/mol. The molecule has 7 aromatic heterocycles. The van der Waals surface area contributed by atoms with Crippen LogP contribution in [0.5, 0.6) is 0 Å². The summed E-state index contributed by atoms with van der Waals surface area (Å²) in [5, 5.41) is 11.2. The lowest BCUT2D eigenvalue weighted by atomic mass is 9.98. The Bertz CT molecular complexity index is 7070. The summed E-state index contributed by atoms with van der Waals surface area (Å²) in [4.78, 5) is 40.2. The molecule has 0 N–H and O–H groups in total. The number of hydrogen-bond donors (Lipinski definition) is 0. The van der Waals surface area contributed by atoms with Crippen molar-refractivity contribution in [2.75, 3.05) is 0 Å². The van der Waals surface area contributed by atoms with Crippen molar-refractivity contribution in [2.24, 2.45) is 0 Å². The minimum absolute atomic E-state index is 0.525. The van der Waals surface area contributed by atoms with E-state index in [2.05, 4.69) is 151 Å². The summed E-state index contributed by atoms with van der Waals surface area (Å²) < 4.78 is 35.9. The maximum atomic E-state index is 15.0. The zero-order valence-electron chi connectivity index (χ0n) is 57.7. The van der Waals surface area contributed by atoms with Gasteiger partial charge in [-0.25, -0.2) is 39.9 Å². The van der Waals surface area contributed by atoms with E-state index in [1.807, 2.05) is 212 Å². The lowest BCUT2D eigenvalue weighted by Gasteiger charge is -2.20. The Morgan fingerprint density at radius 3 is 1.01 bits per heavy atom. The van der Waals surface area contributed by atoms with Crippen LogP contribution >= 0.6 is 41.9 Å². The highest BCUT2D eigenvalue weighted by molar-refractivity contribution is 7.85. The second-order valence-electron chi connectivity index (χ2n) is 26.4. The van der Waals surface area contributed by atoms with E-state index in [9.17, 15) is 0 Å². The zero-order valence-corrected chi connectivity index (χ0v) is 61.0. The summed E-state index contributed by atoms with van der Waals surface area (Å²) in [6.45, 7) is 0. The van der Waals surface area contributed by atoms with Crippen molar-refractivity contribution in [1.82, 2.24) is 57.4 Å². The van der Waals surface area contributed by atoms with E-state index >= 15 is 4.57 Å². The number of pyridine rings is 2. The molecule has 0 aliphatic carbocycles. The average Bonchev–Trinajstić information content (AvgIpc) is 1.73. The van der Waals surface area contributed by atoms with Gasteiger partial charge in [0.1, 0.15) is 22.1 Å². The molecular weight excluding hydrogens is 1420 g/mol. The fraction of sp³-hybridized carbons (Fsp3) is 0. The summed E-state index contributed by atoms with van der Waals surface area (Å²) in [6.07, 6.45) is 0. The molecule has 512 valence electrons. The van der Waals surface area contributed by atoms with Crippen molar-refractivity contribution in [2.45, 2.75) is 0 Å². The van der Waals surface area contributed by atoms with Gasteiger partial charge >= 0.3 is 0 Å². The Labute approximate surface area is 636 Å². The first-order valence-electron chi connectivity index (χ1n) is 35.4. The van der Waals surface area contributed by atoms with Crippen molar-refractivity contribution in [3.8, 4) is 102 Å². The number of benzene rings is 14. The minimum Gasteiger partial charge on any atom is -0.309 e. The Hall–Kier alpha value is -13.5. The molecule has 21 aromatic rings. The molecule has 0 unspecified atom stereocenters. The second-order valence-corrected chi connectivity index (χ2v) is 31.3. The van der Waals surface area contributed by atoms with Gasteiger partial charge in [-0.15, -0.1) is 11.3 Å². The van der Waals surface area contributed by atoms with E-state index in [-0.39, 0.29) is 0 Å². The largest absolute Gasteiger partial charge is 0.309 e. The Kier molecular flexibility index (Phi) is 16.4. The second kappa shape index (κ2) is 27.5. The summed E-state index contributed by atoms with van der Waals surface area (Å²) in [7, 11) is -3.14. The topological polar surface area (TPSA) is 172 Å². The molecular formula is C92H55N12OPS3. The molecule has 0 saturated carbocycles. The third-order valence-electron chi connectivity index (χ3n) is 19.9. The molecule has 14 aromatic carbocycles. The van der Waals surface area contributed by atoms with E-state index in [0.717, 1.165) is 143 Å². The molecule has 0 aliphatic heterocycles. The number of hydrogen-bond acceptors (Lipinski definition) is 16. The van der Waals surface area contributed by atoms with Gasteiger partial charge in [-0.3, -0.25) is 0 Å². The first kappa shape index (κ1) is 65.1. The van der Waals surface area contributed by atoms with Gasteiger partial charge in [-0.1, -0.05) is 291 Å². The number of para-hydroxylation sites is 2. The monoisotopic (exact) mass is 1470 g/mol. The molecule has 0 atom stereocenters. The van der Waals surface area contributed by atoms with Crippen LogP contribution in [0.2, 0.25) is 0 Å². The molecule has 0 radical (unpaired) electrons. The van der Waals surface area contributed by atoms with Gasteiger partial charge in [-0.2, -0.15) is 17.5 Å². The molecule has 0 bridgehead atoms. The van der Waals surface area contributed by atoms with E-state index < -0.39 is 7.14 Å². The van der Waals surface area contributed by atoms with Crippen LogP contribution in [0.25, 0.3) is 188 Å². The molecule has 0 saturated heterocycles. The maximum Gasteiger partial charge on any atom is 0.171 e. The van der Waals surface area contributed by atoms with Gasteiger partial charge in [0.25, 0.3) is 0 Å². The zero-order chi connectivity index (χ0) is 72.4. The lowest BCUT2D eigenvalue weighted by molar-refractivity contribution is 0.592. The van der Waals surface area contributed by atoms with Crippen LogP contribution in [0.1, 0.15) is 0 Å². The summed E-state index contributed by atoms with van der Waals surface area (Å²) >= 11 is 4.30.